The van der Waals surface area contributed by atoms with Crippen LogP contribution in [0.2, 0.25) is 0 Å². The molecule has 0 aromatic rings. The normalized spacial score (nSPS) is 20.2. The molecule has 1 saturated heterocycles. The Morgan fingerprint density at radius 2 is 2.08 bits per heavy atom. The Morgan fingerprint density at radius 3 is 2.54 bits per heavy atom. The van der Waals surface area contributed by atoms with E-state index in [4.69, 9.17) is 0 Å². The second-order valence-corrected chi connectivity index (χ2v) is 3.59. The second-order valence-electron chi connectivity index (χ2n) is 3.59. The first-order valence-corrected chi connectivity index (χ1v) is 5.08. The first-order chi connectivity index (χ1) is 6.27. The van der Waals surface area contributed by atoms with E-state index in [-0.39, 0.29) is 5.97 Å². The third-order valence-corrected chi connectivity index (χ3v) is 2.76. The molecule has 1 rings (SSSR count). The summed E-state index contributed by atoms with van der Waals surface area (Å²) >= 11 is 0. The standard InChI is InChI=1S/C10H19NO2/c1-3-9(8-10(12)13-2)11-6-4-5-7-11/h9H,3-8H2,1-2H3. The number of hydrogen-bond acceptors (Lipinski definition) is 3. The fraction of sp³-hybridized carbons (Fsp3) is 0.900. The molecule has 0 N–H and O–H groups in total. The number of hydrogen-bond donors (Lipinski definition) is 0. The number of methoxy groups -OCH3 is 1. The van der Waals surface area contributed by atoms with Crippen molar-refractivity contribution < 1.29 is 9.53 Å². The molecule has 1 fully saturated rings. The highest BCUT2D eigenvalue weighted by Crippen LogP contribution is 2.16. The minimum atomic E-state index is -0.0845. The van der Waals surface area contributed by atoms with Crippen LogP contribution >= 0.6 is 0 Å². The van der Waals surface area contributed by atoms with Crippen molar-refractivity contribution in [2.45, 2.75) is 38.6 Å². The van der Waals surface area contributed by atoms with Crippen LogP contribution in [0.15, 0.2) is 0 Å². The maximum Gasteiger partial charge on any atom is 0.307 e. The van der Waals surface area contributed by atoms with Crippen LogP contribution in [0, 0.1) is 0 Å². The lowest BCUT2D eigenvalue weighted by atomic mass is 10.1. The van der Waals surface area contributed by atoms with Gasteiger partial charge in [-0.2, -0.15) is 0 Å². The van der Waals surface area contributed by atoms with E-state index in [0.717, 1.165) is 19.5 Å². The van der Waals surface area contributed by atoms with Crippen molar-refractivity contribution in [1.82, 2.24) is 4.90 Å². The van der Waals surface area contributed by atoms with Crippen molar-refractivity contribution in [3.8, 4) is 0 Å². The predicted octanol–water partition coefficient (Wildman–Crippen LogP) is 1.42. The quantitative estimate of drug-likeness (QED) is 0.620. The number of carbonyl (C=O) groups excluding carboxylic acids is 1. The largest absolute Gasteiger partial charge is 0.469 e. The summed E-state index contributed by atoms with van der Waals surface area (Å²) in [5.74, 6) is -0.0845. The first kappa shape index (κ1) is 10.5. The lowest BCUT2D eigenvalue weighted by Crippen LogP contribution is -2.34. The molecule has 1 aliphatic heterocycles. The van der Waals surface area contributed by atoms with Crippen molar-refractivity contribution in [2.75, 3.05) is 20.2 Å². The molecule has 1 atom stereocenters. The summed E-state index contributed by atoms with van der Waals surface area (Å²) in [5, 5.41) is 0. The topological polar surface area (TPSA) is 29.5 Å². The lowest BCUT2D eigenvalue weighted by Gasteiger charge is -2.25. The molecule has 0 bridgehead atoms. The zero-order valence-electron chi connectivity index (χ0n) is 8.58. The van der Waals surface area contributed by atoms with Crippen LogP contribution in [0.1, 0.15) is 32.6 Å². The van der Waals surface area contributed by atoms with Gasteiger partial charge in [0.2, 0.25) is 0 Å². The molecule has 0 aromatic carbocycles. The van der Waals surface area contributed by atoms with Crippen molar-refractivity contribution in [1.29, 1.82) is 0 Å². The Bertz CT molecular complexity index is 164. The van der Waals surface area contributed by atoms with Crippen LogP contribution in [-0.2, 0) is 9.53 Å². The van der Waals surface area contributed by atoms with Crippen LogP contribution in [0.5, 0.6) is 0 Å². The van der Waals surface area contributed by atoms with Gasteiger partial charge in [0, 0.05) is 6.04 Å². The highest BCUT2D eigenvalue weighted by Gasteiger charge is 2.22. The van der Waals surface area contributed by atoms with Crippen LogP contribution in [0.3, 0.4) is 0 Å². The minimum absolute atomic E-state index is 0.0845. The number of carbonyl (C=O) groups is 1. The summed E-state index contributed by atoms with van der Waals surface area (Å²) in [7, 11) is 1.46. The van der Waals surface area contributed by atoms with Gasteiger partial charge in [-0.3, -0.25) is 9.69 Å². The van der Waals surface area contributed by atoms with Crippen LogP contribution in [0.4, 0.5) is 0 Å². The van der Waals surface area contributed by atoms with Gasteiger partial charge in [0.15, 0.2) is 0 Å². The van der Waals surface area contributed by atoms with E-state index in [0.29, 0.717) is 12.5 Å². The predicted molar refractivity (Wildman–Crippen MR) is 51.5 cm³/mol. The number of esters is 1. The molecule has 1 heterocycles. The molecule has 0 radical (unpaired) electrons. The minimum Gasteiger partial charge on any atom is -0.469 e. The molecule has 13 heavy (non-hydrogen) atoms. The van der Waals surface area contributed by atoms with Crippen molar-refractivity contribution >= 4 is 5.97 Å². The molecule has 0 amide bonds. The zero-order chi connectivity index (χ0) is 9.68. The maximum absolute atomic E-state index is 11.1. The Kier molecular flexibility index (Phi) is 4.22. The highest BCUT2D eigenvalue weighted by molar-refractivity contribution is 5.69. The first-order valence-electron chi connectivity index (χ1n) is 5.08. The molecule has 76 valence electrons. The van der Waals surface area contributed by atoms with E-state index in [9.17, 15) is 4.79 Å². The third-order valence-electron chi connectivity index (χ3n) is 2.76. The Labute approximate surface area is 80.1 Å². The molecule has 0 saturated carbocycles. The average molecular weight is 185 g/mol. The van der Waals surface area contributed by atoms with Crippen molar-refractivity contribution in [3.63, 3.8) is 0 Å². The van der Waals surface area contributed by atoms with E-state index in [1.165, 1.54) is 20.0 Å². The summed E-state index contributed by atoms with van der Waals surface area (Å²) < 4.78 is 4.68. The van der Waals surface area contributed by atoms with E-state index >= 15 is 0 Å². The van der Waals surface area contributed by atoms with Gasteiger partial charge < -0.3 is 4.74 Å². The highest BCUT2D eigenvalue weighted by atomic mass is 16.5. The summed E-state index contributed by atoms with van der Waals surface area (Å²) in [4.78, 5) is 13.5. The van der Waals surface area contributed by atoms with Gasteiger partial charge in [0.25, 0.3) is 0 Å². The molecule has 0 aromatic heterocycles. The fourth-order valence-electron chi connectivity index (χ4n) is 1.91. The molecule has 3 nitrogen and oxygen atoms in total. The fourth-order valence-corrected chi connectivity index (χ4v) is 1.91. The Hall–Kier alpha value is -0.570. The van der Waals surface area contributed by atoms with E-state index in [2.05, 4.69) is 16.6 Å². The van der Waals surface area contributed by atoms with Crippen molar-refractivity contribution in [2.24, 2.45) is 0 Å². The molecule has 1 aliphatic rings. The SMILES string of the molecule is CCC(CC(=O)OC)N1CCCC1. The zero-order valence-corrected chi connectivity index (χ0v) is 8.58. The smallest absolute Gasteiger partial charge is 0.307 e. The van der Waals surface area contributed by atoms with Gasteiger partial charge in [-0.15, -0.1) is 0 Å². The van der Waals surface area contributed by atoms with Crippen LogP contribution in [-0.4, -0.2) is 37.1 Å². The molecule has 1 unspecified atom stereocenters. The van der Waals surface area contributed by atoms with E-state index in [1.54, 1.807) is 0 Å². The van der Waals surface area contributed by atoms with Gasteiger partial charge in [-0.1, -0.05) is 6.92 Å². The summed E-state index contributed by atoms with van der Waals surface area (Å²) in [6, 6.07) is 0.398. The molecule has 3 heteroatoms. The Morgan fingerprint density at radius 1 is 1.46 bits per heavy atom. The molecule has 0 aliphatic carbocycles. The van der Waals surface area contributed by atoms with Crippen molar-refractivity contribution in [3.05, 3.63) is 0 Å². The molecule has 0 spiro atoms. The summed E-state index contributed by atoms with van der Waals surface area (Å²) in [6.45, 7) is 4.43. The number of rotatable bonds is 4. The average Bonchev–Trinajstić information content (AvgIpc) is 2.66. The number of nitrogens with zero attached hydrogens (tertiary/aromatic N) is 1. The number of ether oxygens (including phenoxy) is 1. The monoisotopic (exact) mass is 185 g/mol. The molecular weight excluding hydrogens is 166 g/mol. The van der Waals surface area contributed by atoms with Gasteiger partial charge >= 0.3 is 5.97 Å². The molecular formula is C10H19NO2. The van der Waals surface area contributed by atoms with Crippen LogP contribution < -0.4 is 0 Å². The maximum atomic E-state index is 11.1. The third kappa shape index (κ3) is 2.99. The summed E-state index contributed by atoms with van der Waals surface area (Å²) in [6.07, 6.45) is 4.14. The Balaban J connectivity index is 2.37. The van der Waals surface area contributed by atoms with E-state index in [1.807, 2.05) is 0 Å². The number of likely N-dealkylation sites (tertiary alicyclic amines) is 1. The van der Waals surface area contributed by atoms with Gasteiger partial charge in [0.1, 0.15) is 0 Å². The van der Waals surface area contributed by atoms with Crippen LogP contribution in [0.25, 0.3) is 0 Å². The van der Waals surface area contributed by atoms with Gasteiger partial charge in [-0.25, -0.2) is 0 Å². The van der Waals surface area contributed by atoms with Gasteiger partial charge in [-0.05, 0) is 32.4 Å². The lowest BCUT2D eigenvalue weighted by molar-refractivity contribution is -0.142. The second kappa shape index (κ2) is 5.22. The summed E-state index contributed by atoms with van der Waals surface area (Å²) in [5.41, 5.74) is 0. The van der Waals surface area contributed by atoms with Gasteiger partial charge in [0.05, 0.1) is 13.5 Å². The van der Waals surface area contributed by atoms with E-state index < -0.39 is 0 Å².